The van der Waals surface area contributed by atoms with E-state index in [9.17, 15) is 0 Å². The Kier molecular flexibility index (Phi) is 6.09. The highest BCUT2D eigenvalue weighted by Crippen LogP contribution is 2.46. The molecule has 12 aromatic rings. The Labute approximate surface area is 310 Å². The zero-order chi connectivity index (χ0) is 35.3. The molecule has 2 heterocycles. The number of hydrogen-bond donors (Lipinski definition) is 0. The molecule has 0 amide bonds. The van der Waals surface area contributed by atoms with Gasteiger partial charge >= 0.3 is 0 Å². The summed E-state index contributed by atoms with van der Waals surface area (Å²) in [5.41, 5.74) is 10.8. The first kappa shape index (κ1) is 29.4. The lowest BCUT2D eigenvalue weighted by Crippen LogP contribution is -1.91. The van der Waals surface area contributed by atoms with Gasteiger partial charge in [-0.05, 0) is 101 Å². The normalized spacial score (nSPS) is 12.1. The summed E-state index contributed by atoms with van der Waals surface area (Å²) in [4.78, 5) is 0. The first-order valence-electron chi connectivity index (χ1n) is 18.5. The lowest BCUT2D eigenvalue weighted by atomic mass is 9.85. The fraction of sp³-hybridized carbons (Fsp3) is 0. The van der Waals surface area contributed by atoms with Crippen LogP contribution in [0.15, 0.2) is 191 Å². The van der Waals surface area contributed by atoms with Gasteiger partial charge in [-0.15, -0.1) is 0 Å². The molecule has 0 radical (unpaired) electrons. The van der Waals surface area contributed by atoms with Gasteiger partial charge in [0, 0.05) is 26.9 Å². The summed E-state index contributed by atoms with van der Waals surface area (Å²) < 4.78 is 13.0. The van der Waals surface area contributed by atoms with Gasteiger partial charge in [-0.3, -0.25) is 0 Å². The van der Waals surface area contributed by atoms with Crippen molar-refractivity contribution in [3.63, 3.8) is 0 Å². The smallest absolute Gasteiger partial charge is 0.143 e. The van der Waals surface area contributed by atoms with Crippen LogP contribution in [-0.2, 0) is 0 Å². The molecule has 10 aromatic carbocycles. The van der Waals surface area contributed by atoms with E-state index >= 15 is 0 Å². The Morgan fingerprint density at radius 2 is 0.759 bits per heavy atom. The Morgan fingerprint density at radius 1 is 0.259 bits per heavy atom. The van der Waals surface area contributed by atoms with E-state index in [1.54, 1.807) is 0 Å². The maximum atomic E-state index is 6.66. The molecular formula is C52H30O2. The van der Waals surface area contributed by atoms with Crippen LogP contribution in [0.5, 0.6) is 0 Å². The van der Waals surface area contributed by atoms with Gasteiger partial charge in [0.2, 0.25) is 0 Å². The molecule has 2 aromatic heterocycles. The third-order valence-electron chi connectivity index (χ3n) is 11.4. The van der Waals surface area contributed by atoms with Crippen molar-refractivity contribution in [1.82, 2.24) is 0 Å². The fourth-order valence-electron chi connectivity index (χ4n) is 8.97. The second kappa shape index (κ2) is 11.2. The van der Waals surface area contributed by atoms with Gasteiger partial charge < -0.3 is 8.83 Å². The van der Waals surface area contributed by atoms with Crippen LogP contribution in [-0.4, -0.2) is 0 Å². The van der Waals surface area contributed by atoms with E-state index in [2.05, 4.69) is 170 Å². The van der Waals surface area contributed by atoms with Crippen LogP contribution in [0.3, 0.4) is 0 Å². The Balaban J connectivity index is 1.05. The largest absolute Gasteiger partial charge is 0.456 e. The number of rotatable bonds is 3. The summed E-state index contributed by atoms with van der Waals surface area (Å²) in [6, 6.07) is 65.7. The molecule has 0 bridgehead atoms. The minimum absolute atomic E-state index is 0.868. The van der Waals surface area contributed by atoms with Crippen molar-refractivity contribution >= 4 is 87.0 Å². The minimum atomic E-state index is 0.868. The fourth-order valence-corrected chi connectivity index (χ4v) is 8.97. The van der Waals surface area contributed by atoms with Crippen LogP contribution in [0.1, 0.15) is 0 Å². The zero-order valence-corrected chi connectivity index (χ0v) is 29.1. The summed E-state index contributed by atoms with van der Waals surface area (Å²) in [6.45, 7) is 0. The second-order valence-corrected chi connectivity index (χ2v) is 14.4. The van der Waals surface area contributed by atoms with E-state index in [-0.39, 0.29) is 0 Å². The van der Waals surface area contributed by atoms with Crippen molar-refractivity contribution in [3.8, 4) is 33.4 Å². The van der Waals surface area contributed by atoms with Crippen molar-refractivity contribution in [1.29, 1.82) is 0 Å². The van der Waals surface area contributed by atoms with Crippen molar-refractivity contribution in [2.45, 2.75) is 0 Å². The quantitative estimate of drug-likeness (QED) is 0.173. The molecule has 0 spiro atoms. The number of furan rings is 2. The highest BCUT2D eigenvalue weighted by molar-refractivity contribution is 6.23. The molecule has 0 saturated heterocycles. The number of benzene rings is 10. The third kappa shape index (κ3) is 4.22. The van der Waals surface area contributed by atoms with Gasteiger partial charge in [-0.1, -0.05) is 152 Å². The van der Waals surface area contributed by atoms with Gasteiger partial charge in [-0.2, -0.15) is 0 Å². The average Bonchev–Trinajstić information content (AvgIpc) is 3.79. The molecule has 54 heavy (non-hydrogen) atoms. The van der Waals surface area contributed by atoms with Gasteiger partial charge in [0.25, 0.3) is 0 Å². The lowest BCUT2D eigenvalue weighted by Gasteiger charge is -2.18. The molecular weight excluding hydrogens is 657 g/mol. The molecule has 0 N–H and O–H groups in total. The summed E-state index contributed by atoms with van der Waals surface area (Å²) >= 11 is 0. The molecule has 0 unspecified atom stereocenters. The Bertz CT molecular complexity index is 3430. The van der Waals surface area contributed by atoms with Crippen LogP contribution < -0.4 is 0 Å². The lowest BCUT2D eigenvalue weighted by molar-refractivity contribution is 0.665. The molecule has 250 valence electrons. The number of fused-ring (bicyclic) bond motifs is 11. The topological polar surface area (TPSA) is 26.3 Å². The molecule has 0 aliphatic rings. The average molecular weight is 687 g/mol. The highest BCUT2D eigenvalue weighted by atomic mass is 16.3. The molecule has 12 rings (SSSR count). The van der Waals surface area contributed by atoms with E-state index in [0.29, 0.717) is 0 Å². The van der Waals surface area contributed by atoms with Crippen molar-refractivity contribution in [2.75, 3.05) is 0 Å². The van der Waals surface area contributed by atoms with Crippen LogP contribution in [0.2, 0.25) is 0 Å². The van der Waals surface area contributed by atoms with Gasteiger partial charge in [0.1, 0.15) is 22.3 Å². The Hall–Kier alpha value is -7.16. The van der Waals surface area contributed by atoms with Gasteiger partial charge in [-0.25, -0.2) is 0 Å². The molecule has 0 aliphatic heterocycles. The SMILES string of the molecule is c1ccc2cc(-c3c4ccccc4c(-c4ccc(-c5cc6c7cc8oc9ccccc9c8cc7oc6c6ccccc56)cc4)c4ccccc34)ccc2c1. The van der Waals surface area contributed by atoms with Crippen LogP contribution >= 0.6 is 0 Å². The van der Waals surface area contributed by atoms with Gasteiger partial charge in [0.05, 0.1) is 0 Å². The summed E-state index contributed by atoms with van der Waals surface area (Å²) in [5, 5.41) is 14.1. The molecule has 2 nitrogen and oxygen atoms in total. The zero-order valence-electron chi connectivity index (χ0n) is 29.1. The van der Waals surface area contributed by atoms with E-state index in [1.165, 1.54) is 65.5 Å². The number of hydrogen-bond acceptors (Lipinski definition) is 2. The molecule has 0 fully saturated rings. The van der Waals surface area contributed by atoms with E-state index in [1.807, 2.05) is 12.1 Å². The predicted octanol–water partition coefficient (Wildman–Crippen LogP) is 15.1. The summed E-state index contributed by atoms with van der Waals surface area (Å²) in [5.74, 6) is 0. The predicted molar refractivity (Wildman–Crippen MR) is 227 cm³/mol. The molecule has 0 atom stereocenters. The maximum Gasteiger partial charge on any atom is 0.143 e. The van der Waals surface area contributed by atoms with Crippen molar-refractivity contribution in [2.24, 2.45) is 0 Å². The third-order valence-corrected chi connectivity index (χ3v) is 11.4. The summed E-state index contributed by atoms with van der Waals surface area (Å²) in [7, 11) is 0. The molecule has 0 aliphatic carbocycles. The van der Waals surface area contributed by atoms with E-state index < -0.39 is 0 Å². The van der Waals surface area contributed by atoms with Crippen LogP contribution in [0.25, 0.3) is 120 Å². The highest BCUT2D eigenvalue weighted by Gasteiger charge is 2.19. The first-order valence-corrected chi connectivity index (χ1v) is 18.5. The minimum Gasteiger partial charge on any atom is -0.456 e. The Morgan fingerprint density at radius 3 is 1.46 bits per heavy atom. The molecule has 0 saturated carbocycles. The number of para-hydroxylation sites is 1. The monoisotopic (exact) mass is 686 g/mol. The van der Waals surface area contributed by atoms with Crippen LogP contribution in [0.4, 0.5) is 0 Å². The maximum absolute atomic E-state index is 6.66. The van der Waals surface area contributed by atoms with Crippen molar-refractivity contribution < 1.29 is 8.83 Å². The summed E-state index contributed by atoms with van der Waals surface area (Å²) in [6.07, 6.45) is 0. The second-order valence-electron chi connectivity index (χ2n) is 14.4. The first-order chi connectivity index (χ1) is 26.8. The van der Waals surface area contributed by atoms with Crippen molar-refractivity contribution in [3.05, 3.63) is 182 Å². The van der Waals surface area contributed by atoms with Gasteiger partial charge in [0.15, 0.2) is 0 Å². The van der Waals surface area contributed by atoms with E-state index in [0.717, 1.165) is 54.8 Å². The van der Waals surface area contributed by atoms with Crippen LogP contribution in [0, 0.1) is 0 Å². The van der Waals surface area contributed by atoms with E-state index in [4.69, 9.17) is 8.83 Å². The standard InChI is InChI=1S/C52H30O2/c1-2-12-34-27-35(26-21-31(34)11-1)51-40-17-6-4-15-38(40)50(39-16-5-7-18-41(39)51)33-24-22-32(23-25-33)43-28-46-45-30-48-44(37-14-9-10-20-47(37)53-48)29-49(45)54-52(46)42-19-8-3-13-36(42)43/h1-30H. The molecule has 2 heteroatoms.